The highest BCUT2D eigenvalue weighted by molar-refractivity contribution is 7.54. The number of nitrogens with zero attached hydrogens (tertiary/aromatic N) is 1. The van der Waals surface area contributed by atoms with Gasteiger partial charge in [-0.05, 0) is 44.0 Å². The van der Waals surface area contributed by atoms with E-state index in [1.165, 1.54) is 0 Å². The highest BCUT2D eigenvalue weighted by atomic mass is 31.2. The number of esters is 1. The Balaban J connectivity index is 2.48. The van der Waals surface area contributed by atoms with Gasteiger partial charge in [-0.2, -0.15) is 0 Å². The van der Waals surface area contributed by atoms with E-state index in [2.05, 4.69) is 5.32 Å². The molecule has 9 nitrogen and oxygen atoms in total. The van der Waals surface area contributed by atoms with Crippen molar-refractivity contribution < 1.29 is 32.7 Å². The van der Waals surface area contributed by atoms with Crippen LogP contribution in [-0.2, 0) is 34.5 Å². The SMILES string of the molecule is CCOC(=O)CNC(=O)CN(Cc1ccccc1)C(c1ccc(OC)cc1)P(=O)(OCC)OCC. The molecular weight excluding hydrogens is 471 g/mol. The summed E-state index contributed by atoms with van der Waals surface area (Å²) in [6, 6.07) is 16.6. The minimum Gasteiger partial charge on any atom is -0.497 e. The molecule has 0 fully saturated rings. The molecule has 0 radical (unpaired) electrons. The molecule has 35 heavy (non-hydrogen) atoms. The minimum absolute atomic E-state index is 0.158. The lowest BCUT2D eigenvalue weighted by atomic mass is 10.1. The quantitative estimate of drug-likeness (QED) is 0.284. The minimum atomic E-state index is -3.76. The second kappa shape index (κ2) is 14.6. The molecule has 2 aromatic carbocycles. The molecule has 0 aromatic heterocycles. The predicted octanol–water partition coefficient (Wildman–Crippen LogP) is 4.14. The number of benzene rings is 2. The van der Waals surface area contributed by atoms with Gasteiger partial charge in [-0.1, -0.05) is 42.5 Å². The Hall–Kier alpha value is -2.71. The van der Waals surface area contributed by atoms with E-state index in [-0.39, 0.29) is 39.5 Å². The lowest BCUT2D eigenvalue weighted by Crippen LogP contribution is -2.41. The van der Waals surface area contributed by atoms with E-state index in [1.54, 1.807) is 57.0 Å². The van der Waals surface area contributed by atoms with Crippen LogP contribution in [0.4, 0.5) is 0 Å². The van der Waals surface area contributed by atoms with Gasteiger partial charge in [0.05, 0.1) is 33.5 Å². The number of hydrogen-bond donors (Lipinski definition) is 1. The monoisotopic (exact) mass is 506 g/mol. The summed E-state index contributed by atoms with van der Waals surface area (Å²) < 4.78 is 35.7. The summed E-state index contributed by atoms with van der Waals surface area (Å²) in [5.41, 5.74) is 1.55. The van der Waals surface area contributed by atoms with Gasteiger partial charge in [0.15, 0.2) is 0 Å². The Morgan fingerprint density at radius 1 is 0.943 bits per heavy atom. The van der Waals surface area contributed by atoms with Crippen LogP contribution in [0.3, 0.4) is 0 Å². The van der Waals surface area contributed by atoms with Crippen LogP contribution in [0, 0.1) is 0 Å². The van der Waals surface area contributed by atoms with Crippen LogP contribution in [0.25, 0.3) is 0 Å². The van der Waals surface area contributed by atoms with Crippen molar-refractivity contribution in [3.8, 4) is 5.75 Å². The van der Waals surface area contributed by atoms with Crippen molar-refractivity contribution in [3.63, 3.8) is 0 Å². The molecule has 1 amide bonds. The van der Waals surface area contributed by atoms with Gasteiger partial charge in [0.1, 0.15) is 18.1 Å². The van der Waals surface area contributed by atoms with Crippen LogP contribution in [0.15, 0.2) is 54.6 Å². The molecule has 0 bridgehead atoms. The predicted molar refractivity (Wildman–Crippen MR) is 133 cm³/mol. The van der Waals surface area contributed by atoms with Gasteiger partial charge in [-0.25, -0.2) is 0 Å². The first-order valence-electron chi connectivity index (χ1n) is 11.6. The average Bonchev–Trinajstić information content (AvgIpc) is 2.84. The molecular formula is C25H35N2O7P. The fraction of sp³-hybridized carbons (Fsp3) is 0.440. The molecule has 0 heterocycles. The Morgan fingerprint density at radius 2 is 1.57 bits per heavy atom. The first-order valence-corrected chi connectivity index (χ1v) is 13.2. The van der Waals surface area contributed by atoms with Crippen LogP contribution in [-0.4, -0.2) is 56.8 Å². The van der Waals surface area contributed by atoms with E-state index in [0.717, 1.165) is 5.56 Å². The number of carbonyl (C=O) groups is 2. The third-order valence-electron chi connectivity index (χ3n) is 4.99. The van der Waals surface area contributed by atoms with E-state index < -0.39 is 25.3 Å². The molecule has 1 N–H and O–H groups in total. The van der Waals surface area contributed by atoms with E-state index in [1.807, 2.05) is 30.3 Å². The lowest BCUT2D eigenvalue weighted by Gasteiger charge is -2.35. The summed E-state index contributed by atoms with van der Waals surface area (Å²) in [7, 11) is -2.20. The first-order chi connectivity index (χ1) is 16.9. The van der Waals surface area contributed by atoms with E-state index in [9.17, 15) is 14.2 Å². The van der Waals surface area contributed by atoms with Crippen molar-refractivity contribution in [2.45, 2.75) is 33.1 Å². The van der Waals surface area contributed by atoms with E-state index in [4.69, 9.17) is 18.5 Å². The van der Waals surface area contributed by atoms with Gasteiger partial charge in [0.25, 0.3) is 0 Å². The number of methoxy groups -OCH3 is 1. The van der Waals surface area contributed by atoms with E-state index >= 15 is 0 Å². The molecule has 1 unspecified atom stereocenters. The van der Waals surface area contributed by atoms with Gasteiger partial charge in [-0.15, -0.1) is 0 Å². The van der Waals surface area contributed by atoms with Crippen LogP contribution in [0.1, 0.15) is 37.7 Å². The highest BCUT2D eigenvalue weighted by Crippen LogP contribution is 2.62. The van der Waals surface area contributed by atoms with Crippen LogP contribution < -0.4 is 10.1 Å². The second-order valence-electron chi connectivity index (χ2n) is 7.49. The zero-order valence-electron chi connectivity index (χ0n) is 20.8. The first kappa shape index (κ1) is 28.5. The van der Waals surface area contributed by atoms with Crippen molar-refractivity contribution in [1.82, 2.24) is 10.2 Å². The van der Waals surface area contributed by atoms with Gasteiger partial charge in [-0.3, -0.25) is 19.1 Å². The molecule has 10 heteroatoms. The smallest absolute Gasteiger partial charge is 0.352 e. The van der Waals surface area contributed by atoms with Gasteiger partial charge >= 0.3 is 13.6 Å². The second-order valence-corrected chi connectivity index (χ2v) is 9.58. The molecule has 0 spiro atoms. The molecule has 0 aliphatic heterocycles. The summed E-state index contributed by atoms with van der Waals surface area (Å²) >= 11 is 0. The van der Waals surface area contributed by atoms with Crippen molar-refractivity contribution in [3.05, 3.63) is 65.7 Å². The number of carbonyl (C=O) groups excluding carboxylic acids is 2. The fourth-order valence-electron chi connectivity index (χ4n) is 3.58. The van der Waals surface area contributed by atoms with Crippen molar-refractivity contribution in [2.75, 3.05) is 40.0 Å². The van der Waals surface area contributed by atoms with E-state index in [0.29, 0.717) is 11.3 Å². The van der Waals surface area contributed by atoms with Crippen LogP contribution in [0.2, 0.25) is 0 Å². The molecule has 0 aliphatic carbocycles. The van der Waals surface area contributed by atoms with Gasteiger partial charge in [0.2, 0.25) is 5.91 Å². The Labute approximate surface area is 207 Å². The lowest BCUT2D eigenvalue weighted by molar-refractivity contribution is -0.143. The highest BCUT2D eigenvalue weighted by Gasteiger charge is 2.42. The zero-order chi connectivity index (χ0) is 25.7. The number of rotatable bonds is 15. The zero-order valence-corrected chi connectivity index (χ0v) is 21.7. The van der Waals surface area contributed by atoms with Crippen LogP contribution in [0.5, 0.6) is 5.75 Å². The molecule has 1 atom stereocenters. The topological polar surface area (TPSA) is 103 Å². The molecule has 0 aliphatic rings. The summed E-state index contributed by atoms with van der Waals surface area (Å²) in [5.74, 6) is -1.21. The van der Waals surface area contributed by atoms with Crippen molar-refractivity contribution in [2.24, 2.45) is 0 Å². The normalized spacial score (nSPS) is 12.3. The summed E-state index contributed by atoms with van der Waals surface area (Å²) in [5, 5.41) is 2.58. The molecule has 0 saturated carbocycles. The van der Waals surface area contributed by atoms with Gasteiger partial charge < -0.3 is 23.8 Å². The Kier molecular flexibility index (Phi) is 11.9. The molecule has 0 saturated heterocycles. The molecule has 192 valence electrons. The maximum absolute atomic E-state index is 14.1. The van der Waals surface area contributed by atoms with Crippen molar-refractivity contribution >= 4 is 19.5 Å². The fourth-order valence-corrected chi connectivity index (χ4v) is 5.75. The Morgan fingerprint density at radius 3 is 2.11 bits per heavy atom. The number of hydrogen-bond acceptors (Lipinski definition) is 8. The number of nitrogens with one attached hydrogen (secondary N) is 1. The number of amides is 1. The summed E-state index contributed by atoms with van der Waals surface area (Å²) in [4.78, 5) is 26.3. The standard InChI is InChI=1S/C25H35N2O7P/c1-5-32-24(29)17-26-23(28)19-27(18-20-11-9-8-10-12-20)25(35(30,33-6-2)34-7-3)21-13-15-22(31-4)16-14-21/h8-16,25H,5-7,17-19H2,1-4H3,(H,26,28). The largest absolute Gasteiger partial charge is 0.497 e. The maximum Gasteiger partial charge on any atom is 0.352 e. The molecule has 2 aromatic rings. The van der Waals surface area contributed by atoms with Crippen molar-refractivity contribution in [1.29, 1.82) is 0 Å². The third-order valence-corrected chi connectivity index (χ3v) is 7.45. The maximum atomic E-state index is 14.1. The third kappa shape index (κ3) is 8.78. The average molecular weight is 507 g/mol. The number of ether oxygens (including phenoxy) is 2. The molecule has 2 rings (SSSR count). The Bertz CT molecular complexity index is 960. The van der Waals surface area contributed by atoms with Gasteiger partial charge in [0, 0.05) is 6.54 Å². The summed E-state index contributed by atoms with van der Waals surface area (Å²) in [6.45, 7) is 5.60. The van der Waals surface area contributed by atoms with Crippen LogP contribution >= 0.6 is 7.60 Å². The summed E-state index contributed by atoms with van der Waals surface area (Å²) in [6.07, 6.45) is 0.